The fourth-order valence-electron chi connectivity index (χ4n) is 3.04. The first-order valence-electron chi connectivity index (χ1n) is 9.72. The van der Waals surface area contributed by atoms with Gasteiger partial charge in [0.25, 0.3) is 5.91 Å². The van der Waals surface area contributed by atoms with Crippen molar-refractivity contribution in [3.8, 4) is 16.9 Å². The molecule has 0 aliphatic heterocycles. The van der Waals surface area contributed by atoms with E-state index in [1.54, 1.807) is 73.8 Å². The Kier molecular flexibility index (Phi) is 7.24. The number of methoxy groups -OCH3 is 1. The van der Waals surface area contributed by atoms with E-state index in [2.05, 4.69) is 10.6 Å². The first-order valence-corrected chi connectivity index (χ1v) is 11.3. The number of hydrogen-bond donors (Lipinski definition) is 3. The first-order chi connectivity index (χ1) is 15.3. The normalized spacial score (nSPS) is 10.9. The molecule has 0 aromatic heterocycles. The number of nitrogens with two attached hydrogens (primary N) is 1. The minimum atomic E-state index is -3.88. The molecule has 3 rings (SSSR count). The minimum absolute atomic E-state index is 0.0140. The highest BCUT2D eigenvalue weighted by Crippen LogP contribution is 2.26. The molecule has 8 nitrogen and oxygen atoms in total. The Morgan fingerprint density at radius 2 is 1.59 bits per heavy atom. The molecule has 0 radical (unpaired) electrons. The van der Waals surface area contributed by atoms with Gasteiger partial charge in [-0.15, -0.1) is 0 Å². The zero-order chi connectivity index (χ0) is 23.1. The van der Waals surface area contributed by atoms with Crippen LogP contribution in [-0.4, -0.2) is 33.9 Å². The zero-order valence-corrected chi connectivity index (χ0v) is 18.2. The number of ether oxygens (including phenoxy) is 1. The molecule has 0 fully saturated rings. The highest BCUT2D eigenvalue weighted by atomic mass is 32.2. The number of benzene rings is 3. The monoisotopic (exact) mass is 453 g/mol. The van der Waals surface area contributed by atoms with Crippen LogP contribution in [0.2, 0.25) is 0 Å². The highest BCUT2D eigenvalue weighted by Gasteiger charge is 2.15. The molecule has 9 heteroatoms. The van der Waals surface area contributed by atoms with Gasteiger partial charge in [-0.3, -0.25) is 9.59 Å². The summed E-state index contributed by atoms with van der Waals surface area (Å²) >= 11 is 0. The second kappa shape index (κ2) is 10.1. The molecule has 3 aromatic carbocycles. The van der Waals surface area contributed by atoms with Gasteiger partial charge >= 0.3 is 0 Å². The smallest absolute Gasteiger partial charge is 0.251 e. The summed E-state index contributed by atoms with van der Waals surface area (Å²) < 4.78 is 28.7. The second-order valence-electron chi connectivity index (χ2n) is 6.90. The summed E-state index contributed by atoms with van der Waals surface area (Å²) in [6, 6.07) is 19.8. The van der Waals surface area contributed by atoms with Crippen LogP contribution in [0.1, 0.15) is 16.8 Å². The lowest BCUT2D eigenvalue weighted by molar-refractivity contribution is -0.116. The fourth-order valence-corrected chi connectivity index (χ4v) is 3.80. The number of carbonyl (C=O) groups is 2. The van der Waals surface area contributed by atoms with Gasteiger partial charge in [-0.1, -0.05) is 30.3 Å². The third-order valence-electron chi connectivity index (χ3n) is 4.66. The van der Waals surface area contributed by atoms with Crippen molar-refractivity contribution in [1.82, 2.24) is 5.32 Å². The molecule has 32 heavy (non-hydrogen) atoms. The predicted molar refractivity (Wildman–Crippen MR) is 122 cm³/mol. The topological polar surface area (TPSA) is 128 Å². The summed E-state index contributed by atoms with van der Waals surface area (Å²) in [5, 5.41) is 10.7. The van der Waals surface area contributed by atoms with Crippen molar-refractivity contribution in [2.45, 2.75) is 11.3 Å². The molecule has 2 amide bonds. The van der Waals surface area contributed by atoms with E-state index < -0.39 is 10.0 Å². The number of anilines is 1. The Morgan fingerprint density at radius 3 is 2.22 bits per heavy atom. The maximum absolute atomic E-state index is 12.4. The number of sulfonamides is 1. The Hall–Kier alpha value is -3.69. The van der Waals surface area contributed by atoms with E-state index in [1.165, 1.54) is 6.07 Å². The summed E-state index contributed by atoms with van der Waals surface area (Å²) in [6.45, 7) is 0.164. The second-order valence-corrected chi connectivity index (χ2v) is 8.43. The molecular formula is C23H23N3O5S. The van der Waals surface area contributed by atoms with Gasteiger partial charge in [-0.2, -0.15) is 0 Å². The number of rotatable bonds is 8. The summed E-state index contributed by atoms with van der Waals surface area (Å²) in [5.41, 5.74) is 2.09. The lowest BCUT2D eigenvalue weighted by Gasteiger charge is -2.10. The molecule has 0 spiro atoms. The average Bonchev–Trinajstić information content (AvgIpc) is 2.79. The van der Waals surface area contributed by atoms with E-state index in [1.807, 2.05) is 0 Å². The average molecular weight is 454 g/mol. The van der Waals surface area contributed by atoms with E-state index >= 15 is 0 Å². The number of hydrogen-bond acceptors (Lipinski definition) is 5. The van der Waals surface area contributed by atoms with Crippen molar-refractivity contribution in [2.24, 2.45) is 5.14 Å². The van der Waals surface area contributed by atoms with Crippen molar-refractivity contribution in [3.05, 3.63) is 78.4 Å². The molecule has 3 aromatic rings. The van der Waals surface area contributed by atoms with Crippen LogP contribution in [0, 0.1) is 0 Å². The molecule has 0 aliphatic carbocycles. The van der Waals surface area contributed by atoms with Gasteiger partial charge in [0, 0.05) is 29.8 Å². The lowest BCUT2D eigenvalue weighted by atomic mass is 10.0. The number of primary sulfonamides is 1. The molecule has 0 bridgehead atoms. The zero-order valence-electron chi connectivity index (χ0n) is 17.4. The van der Waals surface area contributed by atoms with Crippen LogP contribution in [-0.2, 0) is 14.8 Å². The van der Waals surface area contributed by atoms with Gasteiger partial charge in [-0.25, -0.2) is 13.6 Å². The van der Waals surface area contributed by atoms with E-state index in [9.17, 15) is 18.0 Å². The van der Waals surface area contributed by atoms with Crippen LogP contribution in [0.3, 0.4) is 0 Å². The molecular weight excluding hydrogens is 430 g/mol. The van der Waals surface area contributed by atoms with Crippen LogP contribution < -0.4 is 20.5 Å². The number of carbonyl (C=O) groups excluding carboxylic acids is 2. The van der Waals surface area contributed by atoms with Gasteiger partial charge in [0.05, 0.1) is 12.0 Å². The molecule has 0 heterocycles. The van der Waals surface area contributed by atoms with Crippen LogP contribution in [0.4, 0.5) is 5.69 Å². The van der Waals surface area contributed by atoms with E-state index in [0.29, 0.717) is 28.1 Å². The largest absolute Gasteiger partial charge is 0.497 e. The highest BCUT2D eigenvalue weighted by molar-refractivity contribution is 7.89. The SMILES string of the molecule is COc1ccc(NC(=O)CCNC(=O)c2ccc(-c3ccccc3S(N)(=O)=O)cc2)cc1. The van der Waals surface area contributed by atoms with Crippen LogP contribution in [0.25, 0.3) is 11.1 Å². The maximum Gasteiger partial charge on any atom is 0.251 e. The Labute approximate surface area is 186 Å². The molecule has 0 saturated heterocycles. The first kappa shape index (κ1) is 23.0. The molecule has 166 valence electrons. The van der Waals surface area contributed by atoms with Crippen LogP contribution >= 0.6 is 0 Å². The van der Waals surface area contributed by atoms with Gasteiger partial charge in [0.1, 0.15) is 5.75 Å². The number of nitrogens with one attached hydrogen (secondary N) is 2. The van der Waals surface area contributed by atoms with Crippen molar-refractivity contribution in [1.29, 1.82) is 0 Å². The van der Waals surface area contributed by atoms with E-state index in [0.717, 1.165) is 0 Å². The van der Waals surface area contributed by atoms with Gasteiger partial charge < -0.3 is 15.4 Å². The van der Waals surface area contributed by atoms with Crippen molar-refractivity contribution >= 4 is 27.5 Å². The summed E-state index contributed by atoms with van der Waals surface area (Å²) in [4.78, 5) is 24.4. The molecule has 4 N–H and O–H groups in total. The number of amides is 2. The van der Waals surface area contributed by atoms with Crippen molar-refractivity contribution in [3.63, 3.8) is 0 Å². The Bertz CT molecular complexity index is 1210. The summed E-state index contributed by atoms with van der Waals surface area (Å²) in [6.07, 6.45) is 0.109. The van der Waals surface area contributed by atoms with Crippen LogP contribution in [0.5, 0.6) is 5.75 Å². The quantitative estimate of drug-likeness (QED) is 0.483. The molecule has 0 unspecified atom stereocenters. The fraction of sp³-hybridized carbons (Fsp3) is 0.130. The summed E-state index contributed by atoms with van der Waals surface area (Å²) in [7, 11) is -2.32. The van der Waals surface area contributed by atoms with E-state index in [-0.39, 0.29) is 29.7 Å². The molecule has 0 aliphatic rings. The minimum Gasteiger partial charge on any atom is -0.497 e. The van der Waals surface area contributed by atoms with Gasteiger partial charge in [0.2, 0.25) is 15.9 Å². The summed E-state index contributed by atoms with van der Waals surface area (Å²) in [5.74, 6) is 0.119. The Morgan fingerprint density at radius 1 is 0.938 bits per heavy atom. The third kappa shape index (κ3) is 5.93. The van der Waals surface area contributed by atoms with Crippen molar-refractivity contribution < 1.29 is 22.7 Å². The predicted octanol–water partition coefficient (Wildman–Crippen LogP) is 2.77. The van der Waals surface area contributed by atoms with Crippen LogP contribution in [0.15, 0.2) is 77.7 Å². The molecule has 0 saturated carbocycles. The maximum atomic E-state index is 12.4. The standard InChI is InChI=1S/C23H23N3O5S/c1-31-19-12-10-18(11-13-19)26-22(27)14-15-25-23(28)17-8-6-16(7-9-17)20-4-2-3-5-21(20)32(24,29)30/h2-13H,14-15H2,1H3,(H,25,28)(H,26,27)(H2,24,29,30). The van der Waals surface area contributed by atoms with Gasteiger partial charge in [0.15, 0.2) is 0 Å². The van der Waals surface area contributed by atoms with E-state index in [4.69, 9.17) is 9.88 Å². The lowest BCUT2D eigenvalue weighted by Crippen LogP contribution is -2.27. The third-order valence-corrected chi connectivity index (χ3v) is 5.63. The Balaban J connectivity index is 1.56. The molecule has 0 atom stereocenters. The van der Waals surface area contributed by atoms with Crippen molar-refractivity contribution in [2.75, 3.05) is 19.0 Å². The van der Waals surface area contributed by atoms with Gasteiger partial charge in [-0.05, 0) is 48.0 Å².